The third-order valence-electron chi connectivity index (χ3n) is 11.3. The Bertz CT molecular complexity index is 3320. The molecule has 5 heteroatoms. The van der Waals surface area contributed by atoms with Gasteiger partial charge in [0, 0.05) is 55.5 Å². The Morgan fingerprint density at radius 2 is 1.04 bits per heavy atom. The van der Waals surface area contributed by atoms with Crippen LogP contribution in [0.1, 0.15) is 0 Å². The van der Waals surface area contributed by atoms with E-state index in [9.17, 15) is 0 Å². The smallest absolute Gasteiger partial charge is 0.227 e. The molecule has 12 rings (SSSR count). The number of rotatable bonds is 4. The lowest BCUT2D eigenvalue weighted by Crippen LogP contribution is -2.11. The van der Waals surface area contributed by atoms with Gasteiger partial charge in [-0.1, -0.05) is 115 Å². The van der Waals surface area contributed by atoms with Gasteiger partial charge >= 0.3 is 0 Å². The van der Waals surface area contributed by atoms with Gasteiger partial charge in [0.1, 0.15) is 5.52 Å². The molecule has 0 radical (unpaired) electrons. The average molecular weight is 717 g/mol. The maximum Gasteiger partial charge on any atom is 0.227 e. The first-order chi connectivity index (χ1) is 27.8. The molecule has 0 bridgehead atoms. The Kier molecular flexibility index (Phi) is 6.56. The van der Waals surface area contributed by atoms with E-state index in [1.54, 1.807) is 0 Å². The first-order valence-electron chi connectivity index (χ1n) is 19.0. The van der Waals surface area contributed by atoms with E-state index in [0.29, 0.717) is 5.89 Å². The molecule has 0 spiro atoms. The summed E-state index contributed by atoms with van der Waals surface area (Å²) in [5, 5.41) is 3.51. The van der Waals surface area contributed by atoms with Gasteiger partial charge in [0.05, 0.1) is 33.6 Å². The van der Waals surface area contributed by atoms with Crippen LogP contribution in [0.5, 0.6) is 0 Å². The minimum atomic E-state index is 0.614. The van der Waals surface area contributed by atoms with Crippen LogP contribution in [0.15, 0.2) is 199 Å². The monoisotopic (exact) mass is 716 g/mol. The number of benzene rings is 8. The highest BCUT2D eigenvalue weighted by atomic mass is 16.3. The van der Waals surface area contributed by atoms with Gasteiger partial charge < -0.3 is 18.5 Å². The summed E-state index contributed by atoms with van der Waals surface area (Å²) in [6.07, 6.45) is 0. The lowest BCUT2D eigenvalue weighted by molar-refractivity contribution is 0.622. The highest BCUT2D eigenvalue weighted by molar-refractivity contribution is 6.17. The minimum absolute atomic E-state index is 0.614. The summed E-state index contributed by atoms with van der Waals surface area (Å²) < 4.78 is 11.5. The van der Waals surface area contributed by atoms with E-state index >= 15 is 0 Å². The van der Waals surface area contributed by atoms with Gasteiger partial charge in [-0.3, -0.25) is 0 Å². The number of hydrogen-bond acceptors (Lipinski definition) is 3. The molecule has 1 aliphatic heterocycles. The fourth-order valence-corrected chi connectivity index (χ4v) is 8.95. The second kappa shape index (κ2) is 11.9. The van der Waals surface area contributed by atoms with Crippen LogP contribution in [0.3, 0.4) is 0 Å². The Balaban J connectivity index is 1.13. The Morgan fingerprint density at radius 3 is 1.84 bits per heavy atom. The summed E-state index contributed by atoms with van der Waals surface area (Å²) in [6.45, 7) is 0. The molecule has 56 heavy (non-hydrogen) atoms. The van der Waals surface area contributed by atoms with E-state index in [1.807, 2.05) is 30.3 Å². The van der Waals surface area contributed by atoms with Gasteiger partial charge in [0.15, 0.2) is 5.58 Å². The number of aromatic nitrogens is 3. The molecule has 262 valence electrons. The molecule has 0 fully saturated rings. The van der Waals surface area contributed by atoms with Crippen LogP contribution in [-0.4, -0.2) is 14.1 Å². The van der Waals surface area contributed by atoms with Crippen molar-refractivity contribution in [1.29, 1.82) is 0 Å². The normalized spacial score (nSPS) is 12.2. The third-order valence-corrected chi connectivity index (χ3v) is 11.3. The Hall–Kier alpha value is -7.63. The number of nitrogens with zero attached hydrogens (tertiary/aromatic N) is 4. The van der Waals surface area contributed by atoms with Crippen LogP contribution in [0, 0.1) is 0 Å². The van der Waals surface area contributed by atoms with Gasteiger partial charge in [-0.2, -0.15) is 0 Å². The van der Waals surface area contributed by atoms with E-state index in [1.165, 1.54) is 33.1 Å². The van der Waals surface area contributed by atoms with E-state index < -0.39 is 0 Å². The lowest BCUT2D eigenvalue weighted by Gasteiger charge is -2.28. The van der Waals surface area contributed by atoms with Crippen molar-refractivity contribution in [3.8, 4) is 45.2 Å². The van der Waals surface area contributed by atoms with Crippen molar-refractivity contribution >= 4 is 60.9 Å². The molecule has 0 unspecified atom stereocenters. The Labute approximate surface area is 322 Å². The lowest BCUT2D eigenvalue weighted by atomic mass is 9.98. The van der Waals surface area contributed by atoms with Crippen LogP contribution in [0.4, 0.5) is 17.1 Å². The zero-order valence-electron chi connectivity index (χ0n) is 30.2. The van der Waals surface area contributed by atoms with Gasteiger partial charge in [-0.15, -0.1) is 0 Å². The predicted octanol–water partition coefficient (Wildman–Crippen LogP) is 13.7. The van der Waals surface area contributed by atoms with Crippen molar-refractivity contribution in [2.75, 3.05) is 4.90 Å². The maximum absolute atomic E-state index is 6.68. The van der Waals surface area contributed by atoms with Crippen LogP contribution in [0.25, 0.3) is 89.0 Å². The van der Waals surface area contributed by atoms with Crippen molar-refractivity contribution in [2.24, 2.45) is 0 Å². The van der Waals surface area contributed by atoms with E-state index in [-0.39, 0.29) is 0 Å². The minimum Gasteiger partial charge on any atom is -0.434 e. The second-order valence-electron chi connectivity index (χ2n) is 14.3. The molecular weight excluding hydrogens is 685 g/mol. The van der Waals surface area contributed by atoms with E-state index in [4.69, 9.17) is 9.40 Å². The molecule has 0 amide bonds. The van der Waals surface area contributed by atoms with Crippen LogP contribution >= 0.6 is 0 Å². The molecule has 3 aromatic heterocycles. The fourth-order valence-electron chi connectivity index (χ4n) is 8.95. The molecule has 8 aromatic carbocycles. The van der Waals surface area contributed by atoms with Gasteiger partial charge in [0.25, 0.3) is 0 Å². The molecule has 0 saturated heterocycles. The molecule has 5 nitrogen and oxygen atoms in total. The van der Waals surface area contributed by atoms with E-state index in [0.717, 1.165) is 67.1 Å². The quantitative estimate of drug-likeness (QED) is 0.182. The predicted molar refractivity (Wildman–Crippen MR) is 230 cm³/mol. The topological polar surface area (TPSA) is 39.1 Å². The molecule has 4 heterocycles. The molecular formula is C51H32N4O. The molecule has 1 aliphatic rings. The maximum atomic E-state index is 6.68. The van der Waals surface area contributed by atoms with E-state index in [2.05, 4.69) is 178 Å². The van der Waals surface area contributed by atoms with Crippen molar-refractivity contribution in [3.05, 3.63) is 194 Å². The summed E-state index contributed by atoms with van der Waals surface area (Å²) >= 11 is 0. The number of oxazole rings is 1. The van der Waals surface area contributed by atoms with Gasteiger partial charge in [0.2, 0.25) is 5.89 Å². The highest BCUT2D eigenvalue weighted by Gasteiger charge is 2.31. The largest absolute Gasteiger partial charge is 0.434 e. The second-order valence-corrected chi connectivity index (χ2v) is 14.3. The fraction of sp³-hybridized carbons (Fsp3) is 0. The number of para-hydroxylation sites is 5. The summed E-state index contributed by atoms with van der Waals surface area (Å²) in [4.78, 5) is 7.40. The first kappa shape index (κ1) is 30.8. The number of hydrogen-bond donors (Lipinski definition) is 0. The molecule has 0 aliphatic carbocycles. The number of fused-ring (bicyclic) bond motifs is 12. The third kappa shape index (κ3) is 4.39. The van der Waals surface area contributed by atoms with Crippen molar-refractivity contribution in [1.82, 2.24) is 14.1 Å². The average Bonchev–Trinajstić information content (AvgIpc) is 3.93. The van der Waals surface area contributed by atoms with Crippen LogP contribution in [-0.2, 0) is 0 Å². The van der Waals surface area contributed by atoms with Crippen molar-refractivity contribution in [3.63, 3.8) is 0 Å². The van der Waals surface area contributed by atoms with Crippen LogP contribution < -0.4 is 4.90 Å². The standard InChI is InChI=1S/C51H32N4O/c1-3-16-33(17-4-1)51-52-42-31-30-38-37-22-7-11-26-43(37)55(49(38)50(42)56-51)36-21-15-20-35(32-36)53-44-27-12-8-23-39(44)47-40-24-9-13-28-45(40)54(34-18-5-2-6-19-34)48(47)41-25-10-14-29-46(41)53/h1-32H. The van der Waals surface area contributed by atoms with Gasteiger partial charge in [-0.25, -0.2) is 4.98 Å². The van der Waals surface area contributed by atoms with Gasteiger partial charge in [-0.05, 0) is 78.9 Å². The SMILES string of the molecule is c1ccc(-c2nc3ccc4c5ccccc5n(-c5cccc(N6c7ccccc7-c7c(n(-c8ccccc8)c8ccccc78)-c7ccccc76)c5)c4c3o2)cc1. The molecule has 0 saturated carbocycles. The summed E-state index contributed by atoms with van der Waals surface area (Å²) in [5.74, 6) is 0.614. The zero-order chi connectivity index (χ0) is 36.7. The molecule has 0 N–H and O–H groups in total. The first-order valence-corrected chi connectivity index (χ1v) is 19.0. The number of anilines is 3. The molecule has 0 atom stereocenters. The highest BCUT2D eigenvalue weighted by Crippen LogP contribution is 2.54. The molecule has 11 aromatic rings. The summed E-state index contributed by atoms with van der Waals surface area (Å²) in [6, 6.07) is 69.1. The Morgan fingerprint density at radius 1 is 0.429 bits per heavy atom. The summed E-state index contributed by atoms with van der Waals surface area (Å²) in [5.41, 5.74) is 16.1. The summed E-state index contributed by atoms with van der Waals surface area (Å²) in [7, 11) is 0. The zero-order valence-corrected chi connectivity index (χ0v) is 30.2. The van der Waals surface area contributed by atoms with Crippen LogP contribution in [0.2, 0.25) is 0 Å². The van der Waals surface area contributed by atoms with Crippen molar-refractivity contribution < 1.29 is 4.42 Å². The van der Waals surface area contributed by atoms with Crippen molar-refractivity contribution in [2.45, 2.75) is 0 Å².